The van der Waals surface area contributed by atoms with Crippen molar-refractivity contribution in [1.82, 2.24) is 20.1 Å². The van der Waals surface area contributed by atoms with Gasteiger partial charge in [0.05, 0.1) is 13.2 Å². The standard InChI is InChI=1S/C27H34N4O3/c1-20(27(33)28-14-13-22-19-29-25-6-4-3-5-24(22)25)30-15-17-31(18-16-30)26(32)12-9-21-7-10-23(34-2)11-8-21/h3-8,10-11,19-20,29H,9,12-18H2,1-2H3,(H,28,33). The minimum Gasteiger partial charge on any atom is -0.497 e. The predicted octanol–water partition coefficient (Wildman–Crippen LogP) is 3.00. The van der Waals surface area contributed by atoms with Gasteiger partial charge >= 0.3 is 0 Å². The summed E-state index contributed by atoms with van der Waals surface area (Å²) in [6.45, 7) is 5.30. The SMILES string of the molecule is COc1ccc(CCC(=O)N2CCN(C(C)C(=O)NCCc3c[nH]c4ccccc34)CC2)cc1. The number of para-hydroxylation sites is 1. The highest BCUT2D eigenvalue weighted by Gasteiger charge is 2.27. The van der Waals surface area contributed by atoms with Gasteiger partial charge in [-0.25, -0.2) is 0 Å². The summed E-state index contributed by atoms with van der Waals surface area (Å²) in [5.41, 5.74) is 3.46. The topological polar surface area (TPSA) is 77.7 Å². The van der Waals surface area contributed by atoms with Crippen molar-refractivity contribution in [2.24, 2.45) is 0 Å². The smallest absolute Gasteiger partial charge is 0.237 e. The summed E-state index contributed by atoms with van der Waals surface area (Å²) in [6.07, 6.45) is 4.03. The zero-order valence-electron chi connectivity index (χ0n) is 20.0. The molecular formula is C27H34N4O3. The molecule has 0 radical (unpaired) electrons. The largest absolute Gasteiger partial charge is 0.497 e. The Morgan fingerprint density at radius 1 is 1.03 bits per heavy atom. The van der Waals surface area contributed by atoms with Crippen LogP contribution < -0.4 is 10.1 Å². The van der Waals surface area contributed by atoms with Crippen LogP contribution >= 0.6 is 0 Å². The first-order chi connectivity index (χ1) is 16.5. The maximum Gasteiger partial charge on any atom is 0.237 e. The molecule has 34 heavy (non-hydrogen) atoms. The Morgan fingerprint density at radius 3 is 2.50 bits per heavy atom. The van der Waals surface area contributed by atoms with Gasteiger partial charge in [-0.3, -0.25) is 14.5 Å². The van der Waals surface area contributed by atoms with E-state index in [2.05, 4.69) is 27.3 Å². The van der Waals surface area contributed by atoms with Crippen LogP contribution in [0, 0.1) is 0 Å². The first-order valence-corrected chi connectivity index (χ1v) is 12.0. The van der Waals surface area contributed by atoms with Gasteiger partial charge in [-0.15, -0.1) is 0 Å². The van der Waals surface area contributed by atoms with E-state index >= 15 is 0 Å². The summed E-state index contributed by atoms with van der Waals surface area (Å²) in [7, 11) is 1.65. The molecule has 2 N–H and O–H groups in total. The molecule has 1 atom stereocenters. The van der Waals surface area contributed by atoms with Crippen molar-refractivity contribution in [2.75, 3.05) is 39.8 Å². The molecule has 0 spiro atoms. The monoisotopic (exact) mass is 462 g/mol. The molecule has 2 aromatic carbocycles. The Kier molecular flexibility index (Phi) is 7.85. The van der Waals surface area contributed by atoms with Crippen LogP contribution in [0.4, 0.5) is 0 Å². The molecule has 1 fully saturated rings. The number of hydrogen-bond acceptors (Lipinski definition) is 4. The average Bonchev–Trinajstić information content (AvgIpc) is 3.30. The summed E-state index contributed by atoms with van der Waals surface area (Å²) in [4.78, 5) is 32.7. The maximum absolute atomic E-state index is 12.7. The van der Waals surface area contributed by atoms with Crippen molar-refractivity contribution in [3.05, 3.63) is 65.9 Å². The number of carbonyl (C=O) groups is 2. The van der Waals surface area contributed by atoms with Crippen LogP contribution in [0.15, 0.2) is 54.7 Å². The highest BCUT2D eigenvalue weighted by Crippen LogP contribution is 2.18. The maximum atomic E-state index is 12.7. The highest BCUT2D eigenvalue weighted by molar-refractivity contribution is 5.83. The van der Waals surface area contributed by atoms with Gasteiger partial charge in [0.15, 0.2) is 0 Å². The number of amides is 2. The third-order valence-electron chi connectivity index (χ3n) is 6.75. The third-order valence-corrected chi connectivity index (χ3v) is 6.75. The van der Waals surface area contributed by atoms with Crippen LogP contribution in [0.3, 0.4) is 0 Å². The molecule has 0 bridgehead atoms. The van der Waals surface area contributed by atoms with Gasteiger partial charge in [0, 0.05) is 56.2 Å². The van der Waals surface area contributed by atoms with E-state index in [0.717, 1.165) is 29.7 Å². The Balaban J connectivity index is 1.17. The van der Waals surface area contributed by atoms with E-state index in [1.54, 1.807) is 7.11 Å². The summed E-state index contributed by atoms with van der Waals surface area (Å²) in [6, 6.07) is 15.8. The number of nitrogens with one attached hydrogen (secondary N) is 2. The molecule has 1 aliphatic rings. The zero-order chi connectivity index (χ0) is 23.9. The number of ether oxygens (including phenoxy) is 1. The van der Waals surface area contributed by atoms with E-state index in [-0.39, 0.29) is 17.9 Å². The van der Waals surface area contributed by atoms with Gasteiger partial charge < -0.3 is 19.9 Å². The van der Waals surface area contributed by atoms with Gasteiger partial charge in [-0.1, -0.05) is 30.3 Å². The molecule has 4 rings (SSSR count). The van der Waals surface area contributed by atoms with E-state index in [0.29, 0.717) is 39.1 Å². The number of aromatic amines is 1. The second kappa shape index (κ2) is 11.2. The average molecular weight is 463 g/mol. The molecule has 1 unspecified atom stereocenters. The van der Waals surface area contributed by atoms with E-state index < -0.39 is 0 Å². The molecule has 0 aliphatic carbocycles. The van der Waals surface area contributed by atoms with Crippen LogP contribution in [0.2, 0.25) is 0 Å². The van der Waals surface area contributed by atoms with Gasteiger partial charge in [0.1, 0.15) is 5.75 Å². The van der Waals surface area contributed by atoms with Gasteiger partial charge in [-0.05, 0) is 49.1 Å². The number of H-pyrrole nitrogens is 1. The highest BCUT2D eigenvalue weighted by atomic mass is 16.5. The number of fused-ring (bicyclic) bond motifs is 1. The Labute approximate surface area is 201 Å². The molecule has 2 amide bonds. The minimum absolute atomic E-state index is 0.0409. The number of methoxy groups -OCH3 is 1. The number of hydrogen-bond donors (Lipinski definition) is 2. The third kappa shape index (κ3) is 5.78. The minimum atomic E-state index is -0.209. The fourth-order valence-electron chi connectivity index (χ4n) is 4.53. The lowest BCUT2D eigenvalue weighted by molar-refractivity contribution is -0.134. The number of benzene rings is 2. The molecule has 0 saturated carbocycles. The van der Waals surface area contributed by atoms with E-state index in [1.807, 2.05) is 54.4 Å². The molecule has 3 aromatic rings. The Morgan fingerprint density at radius 2 is 1.76 bits per heavy atom. The summed E-state index contributed by atoms with van der Waals surface area (Å²) in [5.74, 6) is 1.03. The van der Waals surface area contributed by atoms with E-state index in [1.165, 1.54) is 10.9 Å². The molecule has 2 heterocycles. The molecular weight excluding hydrogens is 428 g/mol. The van der Waals surface area contributed by atoms with E-state index in [4.69, 9.17) is 4.74 Å². The van der Waals surface area contributed by atoms with Crippen LogP contribution in [-0.4, -0.2) is 72.5 Å². The lowest BCUT2D eigenvalue weighted by Gasteiger charge is -2.37. The number of piperazine rings is 1. The quantitative estimate of drug-likeness (QED) is 0.513. The van der Waals surface area contributed by atoms with Crippen LogP contribution in [-0.2, 0) is 22.4 Å². The van der Waals surface area contributed by atoms with Crippen LogP contribution in [0.1, 0.15) is 24.5 Å². The fraction of sp³-hybridized carbons (Fsp3) is 0.407. The van der Waals surface area contributed by atoms with Gasteiger partial charge in [-0.2, -0.15) is 0 Å². The lowest BCUT2D eigenvalue weighted by atomic mass is 10.1. The fourth-order valence-corrected chi connectivity index (χ4v) is 4.53. The van der Waals surface area contributed by atoms with Crippen LogP contribution in [0.5, 0.6) is 5.75 Å². The zero-order valence-corrected chi connectivity index (χ0v) is 20.0. The Bertz CT molecular complexity index is 1100. The number of aryl methyl sites for hydroxylation is 1. The van der Waals surface area contributed by atoms with Crippen molar-refractivity contribution >= 4 is 22.7 Å². The molecule has 1 aliphatic heterocycles. The van der Waals surface area contributed by atoms with Crippen molar-refractivity contribution in [2.45, 2.75) is 32.2 Å². The van der Waals surface area contributed by atoms with Crippen molar-refractivity contribution < 1.29 is 14.3 Å². The van der Waals surface area contributed by atoms with Crippen molar-refractivity contribution in [3.63, 3.8) is 0 Å². The van der Waals surface area contributed by atoms with E-state index in [9.17, 15) is 9.59 Å². The molecule has 1 saturated heterocycles. The van der Waals surface area contributed by atoms with Crippen molar-refractivity contribution in [1.29, 1.82) is 0 Å². The number of nitrogens with zero attached hydrogens (tertiary/aromatic N) is 2. The molecule has 1 aromatic heterocycles. The Hall–Kier alpha value is -3.32. The number of aromatic nitrogens is 1. The number of rotatable bonds is 9. The van der Waals surface area contributed by atoms with Gasteiger partial charge in [0.25, 0.3) is 0 Å². The summed E-state index contributed by atoms with van der Waals surface area (Å²) < 4.78 is 5.18. The molecule has 7 nitrogen and oxygen atoms in total. The first kappa shape index (κ1) is 23.8. The predicted molar refractivity (Wildman–Crippen MR) is 134 cm³/mol. The lowest BCUT2D eigenvalue weighted by Crippen LogP contribution is -2.55. The second-order valence-corrected chi connectivity index (χ2v) is 8.84. The first-order valence-electron chi connectivity index (χ1n) is 12.0. The second-order valence-electron chi connectivity index (χ2n) is 8.84. The van der Waals surface area contributed by atoms with Crippen LogP contribution in [0.25, 0.3) is 10.9 Å². The number of carbonyl (C=O) groups excluding carboxylic acids is 2. The normalized spacial score (nSPS) is 15.3. The molecule has 7 heteroatoms. The summed E-state index contributed by atoms with van der Waals surface area (Å²) in [5, 5.41) is 4.29. The molecule has 180 valence electrons. The van der Waals surface area contributed by atoms with Crippen molar-refractivity contribution in [3.8, 4) is 5.75 Å². The summed E-state index contributed by atoms with van der Waals surface area (Å²) >= 11 is 0. The van der Waals surface area contributed by atoms with Gasteiger partial charge in [0.2, 0.25) is 11.8 Å².